The molecule has 0 unspecified atom stereocenters. The maximum Gasteiger partial charge on any atom is 0.174 e. The third kappa shape index (κ3) is 4.46. The number of aromatic nitrogens is 2. The first kappa shape index (κ1) is 24.6. The normalized spacial score (nSPS) is 19.6. The van der Waals surface area contributed by atoms with Gasteiger partial charge in [-0.1, -0.05) is 23.8 Å². The lowest BCUT2D eigenvalue weighted by Crippen LogP contribution is -2.36. The summed E-state index contributed by atoms with van der Waals surface area (Å²) in [6, 6.07) is 25.8. The third-order valence-corrected chi connectivity index (χ3v) is 8.00. The van der Waals surface area contributed by atoms with E-state index in [2.05, 4.69) is 101 Å². The van der Waals surface area contributed by atoms with E-state index in [0.29, 0.717) is 5.11 Å². The lowest BCUT2D eigenvalue weighted by atomic mass is 9.96. The van der Waals surface area contributed by atoms with Crippen LogP contribution in [0, 0.1) is 20.8 Å². The van der Waals surface area contributed by atoms with Gasteiger partial charge in [-0.05, 0) is 93.1 Å². The number of aryl methyl sites for hydroxylation is 2. The minimum atomic E-state index is -0.0670. The summed E-state index contributed by atoms with van der Waals surface area (Å²) < 4.78 is 7.87. The van der Waals surface area contributed by atoms with Crippen LogP contribution in [0.2, 0.25) is 0 Å². The predicted molar refractivity (Wildman–Crippen MR) is 157 cm³/mol. The minimum absolute atomic E-state index is 0.0346. The number of nitrogens with zero attached hydrogens (tertiary/aromatic N) is 4. The van der Waals surface area contributed by atoms with Gasteiger partial charge < -0.3 is 24.4 Å². The molecule has 4 aromatic rings. The molecule has 0 aliphatic carbocycles. The number of hydrogen-bond donors (Lipinski definition) is 1. The summed E-state index contributed by atoms with van der Waals surface area (Å²) in [6.45, 7) is 9.94. The molecule has 7 heteroatoms. The van der Waals surface area contributed by atoms with Gasteiger partial charge >= 0.3 is 0 Å². The van der Waals surface area contributed by atoms with Crippen LogP contribution >= 0.6 is 12.2 Å². The van der Waals surface area contributed by atoms with Crippen molar-refractivity contribution in [2.24, 2.45) is 0 Å². The first-order valence-corrected chi connectivity index (χ1v) is 13.6. The van der Waals surface area contributed by atoms with Gasteiger partial charge in [-0.15, -0.1) is 0 Å². The topological polar surface area (TPSA) is 45.6 Å². The molecule has 2 aromatic heterocycles. The molecule has 6 rings (SSSR count). The molecule has 194 valence electrons. The van der Waals surface area contributed by atoms with E-state index in [1.165, 1.54) is 28.2 Å². The van der Waals surface area contributed by atoms with E-state index in [-0.39, 0.29) is 12.1 Å². The highest BCUT2D eigenvalue weighted by atomic mass is 32.1. The molecule has 0 amide bonds. The second kappa shape index (κ2) is 10.2. The van der Waals surface area contributed by atoms with Gasteiger partial charge in [-0.2, -0.15) is 0 Å². The van der Waals surface area contributed by atoms with E-state index in [1.807, 2.05) is 18.3 Å². The van der Waals surface area contributed by atoms with E-state index in [1.54, 1.807) is 0 Å². The van der Waals surface area contributed by atoms with Gasteiger partial charge in [-0.25, -0.2) is 0 Å². The smallest absolute Gasteiger partial charge is 0.174 e. The fourth-order valence-corrected chi connectivity index (χ4v) is 6.12. The molecule has 2 aliphatic heterocycles. The number of thiocarbonyl (C=S) groups is 1. The van der Waals surface area contributed by atoms with Crippen LogP contribution in [-0.2, 0) is 4.74 Å². The first-order chi connectivity index (χ1) is 18.5. The van der Waals surface area contributed by atoms with Crippen LogP contribution in [-0.4, -0.2) is 41.0 Å². The highest BCUT2D eigenvalue weighted by Crippen LogP contribution is 2.43. The van der Waals surface area contributed by atoms with Gasteiger partial charge in [0.2, 0.25) is 0 Å². The maximum absolute atomic E-state index is 5.93. The number of hydrogen-bond acceptors (Lipinski definition) is 4. The average molecular weight is 524 g/mol. The van der Waals surface area contributed by atoms with Crippen molar-refractivity contribution < 1.29 is 4.74 Å². The predicted octanol–water partition coefficient (Wildman–Crippen LogP) is 5.81. The minimum Gasteiger partial charge on any atom is -0.378 e. The zero-order valence-corrected chi connectivity index (χ0v) is 22.9. The van der Waals surface area contributed by atoms with Gasteiger partial charge in [0.25, 0.3) is 0 Å². The molecule has 1 N–H and O–H groups in total. The zero-order valence-electron chi connectivity index (χ0n) is 22.1. The maximum atomic E-state index is 5.93. The van der Waals surface area contributed by atoms with Crippen molar-refractivity contribution in [3.05, 3.63) is 107 Å². The second-order valence-electron chi connectivity index (χ2n) is 10.1. The lowest BCUT2D eigenvalue weighted by Gasteiger charge is -2.29. The number of pyridine rings is 1. The lowest BCUT2D eigenvalue weighted by molar-refractivity contribution is 0.122. The molecule has 0 radical (unpaired) electrons. The zero-order chi connectivity index (χ0) is 26.2. The Kier molecular flexibility index (Phi) is 6.64. The van der Waals surface area contributed by atoms with Crippen molar-refractivity contribution in [1.29, 1.82) is 0 Å². The highest BCUT2D eigenvalue weighted by molar-refractivity contribution is 7.80. The summed E-state index contributed by atoms with van der Waals surface area (Å²) in [5.74, 6) is 0. The fraction of sp³-hybridized carbons (Fsp3) is 0.290. The molecular weight excluding hydrogens is 490 g/mol. The summed E-state index contributed by atoms with van der Waals surface area (Å²) in [5.41, 5.74) is 9.32. The average Bonchev–Trinajstić information content (AvgIpc) is 3.45. The van der Waals surface area contributed by atoms with Crippen LogP contribution in [0.1, 0.15) is 40.3 Å². The number of anilines is 2. The van der Waals surface area contributed by atoms with Crippen molar-refractivity contribution >= 4 is 28.7 Å². The van der Waals surface area contributed by atoms with E-state index in [0.717, 1.165) is 43.4 Å². The van der Waals surface area contributed by atoms with Crippen molar-refractivity contribution in [1.82, 2.24) is 14.9 Å². The molecule has 4 heterocycles. The van der Waals surface area contributed by atoms with Crippen LogP contribution in [0.4, 0.5) is 11.4 Å². The number of benzene rings is 2. The fourth-order valence-electron chi connectivity index (χ4n) is 5.77. The number of ether oxygens (including phenoxy) is 1. The van der Waals surface area contributed by atoms with Crippen LogP contribution < -0.4 is 15.1 Å². The SMILES string of the molecule is Cc1ccc(N2C(=S)N[C@@H](c3ccccn3)[C@H]2c2cc(C)n(-c3ccc(N4CCOCC4)cc3)c2C)cc1. The number of rotatable bonds is 5. The largest absolute Gasteiger partial charge is 0.378 e. The Balaban J connectivity index is 1.41. The Hall–Kier alpha value is -3.68. The van der Waals surface area contributed by atoms with E-state index >= 15 is 0 Å². The molecule has 2 aromatic carbocycles. The highest BCUT2D eigenvalue weighted by Gasteiger charge is 2.42. The Morgan fingerprint density at radius 2 is 1.55 bits per heavy atom. The summed E-state index contributed by atoms with van der Waals surface area (Å²) in [7, 11) is 0. The van der Waals surface area contributed by atoms with E-state index in [9.17, 15) is 0 Å². The van der Waals surface area contributed by atoms with E-state index in [4.69, 9.17) is 21.9 Å². The number of nitrogens with one attached hydrogen (secondary N) is 1. The van der Waals surface area contributed by atoms with Crippen molar-refractivity contribution in [2.45, 2.75) is 32.9 Å². The van der Waals surface area contributed by atoms with Crippen LogP contribution in [0.25, 0.3) is 5.69 Å². The van der Waals surface area contributed by atoms with Crippen molar-refractivity contribution in [2.75, 3.05) is 36.1 Å². The molecule has 0 saturated carbocycles. The monoisotopic (exact) mass is 523 g/mol. The summed E-state index contributed by atoms with van der Waals surface area (Å²) in [5, 5.41) is 4.31. The molecule has 2 saturated heterocycles. The van der Waals surface area contributed by atoms with Crippen LogP contribution in [0.15, 0.2) is 79.0 Å². The molecule has 2 atom stereocenters. The van der Waals surface area contributed by atoms with Gasteiger partial charge in [-0.3, -0.25) is 4.98 Å². The molecule has 0 bridgehead atoms. The summed E-state index contributed by atoms with van der Waals surface area (Å²) >= 11 is 5.93. The van der Waals surface area contributed by atoms with E-state index < -0.39 is 0 Å². The molecule has 38 heavy (non-hydrogen) atoms. The van der Waals surface area contributed by atoms with Crippen molar-refractivity contribution in [3.8, 4) is 5.69 Å². The molecular formula is C31H33N5OS. The standard InChI is InChI=1S/C31H33N5OS/c1-21-7-9-26(10-8-21)36-30(29(33-31(36)38)28-6-4-5-15-32-28)27-20-22(2)35(23(27)3)25-13-11-24(12-14-25)34-16-18-37-19-17-34/h4-15,20,29-30H,16-19H2,1-3H3,(H,33,38)/t29-,30+/m0/s1. The second-order valence-corrected chi connectivity index (χ2v) is 10.5. The summed E-state index contributed by atoms with van der Waals surface area (Å²) in [4.78, 5) is 9.35. The van der Waals surface area contributed by atoms with Crippen LogP contribution in [0.5, 0.6) is 0 Å². The Labute approximate surface area is 229 Å². The molecule has 2 fully saturated rings. The first-order valence-electron chi connectivity index (χ1n) is 13.2. The third-order valence-electron chi connectivity index (χ3n) is 7.68. The Morgan fingerprint density at radius 3 is 2.24 bits per heavy atom. The van der Waals surface area contributed by atoms with Gasteiger partial charge in [0.05, 0.1) is 31.0 Å². The van der Waals surface area contributed by atoms with Gasteiger partial charge in [0, 0.05) is 47.7 Å². The molecule has 6 nitrogen and oxygen atoms in total. The van der Waals surface area contributed by atoms with Crippen LogP contribution in [0.3, 0.4) is 0 Å². The molecule has 0 spiro atoms. The number of morpholine rings is 1. The van der Waals surface area contributed by atoms with Gasteiger partial charge in [0.15, 0.2) is 5.11 Å². The Morgan fingerprint density at radius 1 is 0.868 bits per heavy atom. The quantitative estimate of drug-likeness (QED) is 0.333. The van der Waals surface area contributed by atoms with Crippen molar-refractivity contribution in [3.63, 3.8) is 0 Å². The Bertz CT molecular complexity index is 1430. The molecule has 2 aliphatic rings. The van der Waals surface area contributed by atoms with Gasteiger partial charge in [0.1, 0.15) is 0 Å². The summed E-state index contributed by atoms with van der Waals surface area (Å²) in [6.07, 6.45) is 1.85.